The van der Waals surface area contributed by atoms with Crippen LogP contribution in [-0.4, -0.2) is 23.9 Å². The molecule has 1 fully saturated rings. The van der Waals surface area contributed by atoms with E-state index in [1.54, 1.807) is 7.11 Å². The summed E-state index contributed by atoms with van der Waals surface area (Å²) in [4.78, 5) is 0. The van der Waals surface area contributed by atoms with E-state index in [9.17, 15) is 5.11 Å². The van der Waals surface area contributed by atoms with Gasteiger partial charge in [0.2, 0.25) is 0 Å². The Morgan fingerprint density at radius 3 is 3.00 bits per heavy atom. The fourth-order valence-electron chi connectivity index (χ4n) is 3.51. The summed E-state index contributed by atoms with van der Waals surface area (Å²) in [5, 5.41) is 10.4. The van der Waals surface area contributed by atoms with Gasteiger partial charge in [-0.2, -0.15) is 0 Å². The molecule has 1 aromatic rings. The van der Waals surface area contributed by atoms with Crippen LogP contribution >= 0.6 is 0 Å². The van der Waals surface area contributed by atoms with Gasteiger partial charge in [-0.05, 0) is 38.3 Å². The fraction of sp³-hybridized carbons (Fsp3) is 0.625. The minimum Gasteiger partial charge on any atom is -0.487 e. The molecule has 1 spiro atoms. The van der Waals surface area contributed by atoms with Crippen LogP contribution in [0.2, 0.25) is 0 Å². The fourth-order valence-corrected chi connectivity index (χ4v) is 3.51. The Labute approximate surface area is 114 Å². The van der Waals surface area contributed by atoms with Crippen molar-refractivity contribution in [1.29, 1.82) is 0 Å². The van der Waals surface area contributed by atoms with Gasteiger partial charge in [0.05, 0.1) is 12.2 Å². The van der Waals surface area contributed by atoms with Crippen LogP contribution in [-0.2, 0) is 4.74 Å². The first-order valence-corrected chi connectivity index (χ1v) is 7.12. The van der Waals surface area contributed by atoms with E-state index in [0.717, 1.165) is 42.6 Å². The highest BCUT2D eigenvalue weighted by Crippen LogP contribution is 2.46. The van der Waals surface area contributed by atoms with E-state index in [1.807, 2.05) is 25.1 Å². The number of aliphatic hydroxyl groups excluding tert-OH is 1. The van der Waals surface area contributed by atoms with Gasteiger partial charge in [0.25, 0.3) is 0 Å². The molecular formula is C16H22O3. The second-order valence-electron chi connectivity index (χ2n) is 6.00. The van der Waals surface area contributed by atoms with Gasteiger partial charge in [-0.25, -0.2) is 0 Å². The summed E-state index contributed by atoms with van der Waals surface area (Å²) < 4.78 is 11.8. The Kier molecular flexibility index (Phi) is 3.27. The third-order valence-electron chi connectivity index (χ3n) is 4.51. The van der Waals surface area contributed by atoms with Crippen LogP contribution in [0.15, 0.2) is 18.2 Å². The van der Waals surface area contributed by atoms with Crippen molar-refractivity contribution < 1.29 is 14.6 Å². The van der Waals surface area contributed by atoms with Gasteiger partial charge in [0.1, 0.15) is 11.4 Å². The molecule has 19 heavy (non-hydrogen) atoms. The van der Waals surface area contributed by atoms with Gasteiger partial charge in [-0.3, -0.25) is 0 Å². The highest BCUT2D eigenvalue weighted by molar-refractivity contribution is 5.41. The molecule has 2 aliphatic rings. The highest BCUT2D eigenvalue weighted by Gasteiger charge is 2.44. The quantitative estimate of drug-likeness (QED) is 0.845. The lowest BCUT2D eigenvalue weighted by molar-refractivity contribution is -0.0796. The number of aryl methyl sites for hydroxylation is 1. The Morgan fingerprint density at radius 2 is 2.21 bits per heavy atom. The zero-order valence-electron chi connectivity index (χ0n) is 11.7. The Hall–Kier alpha value is -1.06. The van der Waals surface area contributed by atoms with Gasteiger partial charge in [-0.15, -0.1) is 0 Å². The number of fused-ring (bicyclic) bond motifs is 1. The number of hydrogen-bond donors (Lipinski definition) is 1. The smallest absolute Gasteiger partial charge is 0.125 e. The predicted molar refractivity (Wildman–Crippen MR) is 73.4 cm³/mol. The molecule has 1 aliphatic carbocycles. The number of ether oxygens (including phenoxy) is 2. The molecule has 0 aromatic heterocycles. The molecule has 0 bridgehead atoms. The average Bonchev–Trinajstić information content (AvgIpc) is 2.40. The summed E-state index contributed by atoms with van der Waals surface area (Å²) in [6, 6.07) is 6.07. The molecule has 3 nitrogen and oxygen atoms in total. The first kappa shape index (κ1) is 12.9. The molecule has 2 unspecified atom stereocenters. The van der Waals surface area contributed by atoms with Gasteiger partial charge >= 0.3 is 0 Å². The first-order chi connectivity index (χ1) is 9.12. The molecule has 0 amide bonds. The third-order valence-corrected chi connectivity index (χ3v) is 4.51. The zero-order valence-corrected chi connectivity index (χ0v) is 11.7. The van der Waals surface area contributed by atoms with E-state index >= 15 is 0 Å². The monoisotopic (exact) mass is 262 g/mol. The van der Waals surface area contributed by atoms with Crippen molar-refractivity contribution in [3.05, 3.63) is 29.3 Å². The SMILES string of the molecule is COC1CCCC2(C1)C[C@@H](O)c1cc(C)ccc1O2. The molecule has 104 valence electrons. The minimum atomic E-state index is -0.417. The molecule has 3 rings (SSSR count). The number of hydrogen-bond acceptors (Lipinski definition) is 3. The topological polar surface area (TPSA) is 38.7 Å². The molecule has 0 radical (unpaired) electrons. The van der Waals surface area contributed by atoms with Crippen LogP contribution in [0.1, 0.15) is 49.3 Å². The normalized spacial score (nSPS) is 33.8. The predicted octanol–water partition coefficient (Wildman–Crippen LogP) is 3.14. The first-order valence-electron chi connectivity index (χ1n) is 7.12. The maximum absolute atomic E-state index is 10.4. The lowest BCUT2D eigenvalue weighted by Gasteiger charge is -2.45. The molecule has 1 aliphatic heterocycles. The van der Waals surface area contributed by atoms with E-state index in [4.69, 9.17) is 9.47 Å². The van der Waals surface area contributed by atoms with Gasteiger partial charge in [0.15, 0.2) is 0 Å². The van der Waals surface area contributed by atoms with E-state index in [-0.39, 0.29) is 11.7 Å². The Morgan fingerprint density at radius 1 is 1.37 bits per heavy atom. The number of benzene rings is 1. The second-order valence-corrected chi connectivity index (χ2v) is 6.00. The van der Waals surface area contributed by atoms with Gasteiger partial charge in [0, 0.05) is 25.5 Å². The summed E-state index contributed by atoms with van der Waals surface area (Å²) in [6.07, 6.45) is 4.62. The lowest BCUT2D eigenvalue weighted by atomic mass is 9.76. The molecule has 1 N–H and O–H groups in total. The average molecular weight is 262 g/mol. The molecule has 1 aromatic carbocycles. The summed E-state index contributed by atoms with van der Waals surface area (Å²) in [5.74, 6) is 0.848. The molecule has 3 atom stereocenters. The number of rotatable bonds is 1. The number of aliphatic hydroxyl groups is 1. The summed E-state index contributed by atoms with van der Waals surface area (Å²) in [5.41, 5.74) is 1.86. The van der Waals surface area contributed by atoms with E-state index < -0.39 is 6.10 Å². The van der Waals surface area contributed by atoms with Crippen LogP contribution in [0.25, 0.3) is 0 Å². The maximum Gasteiger partial charge on any atom is 0.125 e. The lowest BCUT2D eigenvalue weighted by Crippen LogP contribution is -2.46. The van der Waals surface area contributed by atoms with Crippen LogP contribution in [0.5, 0.6) is 5.75 Å². The summed E-state index contributed by atoms with van der Waals surface area (Å²) >= 11 is 0. The second kappa shape index (κ2) is 4.80. The largest absolute Gasteiger partial charge is 0.487 e. The van der Waals surface area contributed by atoms with E-state index in [1.165, 1.54) is 0 Å². The van der Waals surface area contributed by atoms with Crippen molar-refractivity contribution in [1.82, 2.24) is 0 Å². The molecule has 1 heterocycles. The van der Waals surface area contributed by atoms with Gasteiger partial charge < -0.3 is 14.6 Å². The van der Waals surface area contributed by atoms with Crippen LogP contribution in [0.3, 0.4) is 0 Å². The Balaban J connectivity index is 1.89. The van der Waals surface area contributed by atoms with Crippen LogP contribution in [0.4, 0.5) is 0 Å². The third kappa shape index (κ3) is 2.37. The van der Waals surface area contributed by atoms with E-state index in [2.05, 4.69) is 0 Å². The van der Waals surface area contributed by atoms with Crippen molar-refractivity contribution in [3.8, 4) is 5.75 Å². The molecule has 0 saturated heterocycles. The van der Waals surface area contributed by atoms with Crippen LogP contribution in [0, 0.1) is 6.92 Å². The van der Waals surface area contributed by atoms with Crippen molar-refractivity contribution in [2.24, 2.45) is 0 Å². The Bertz CT molecular complexity index is 471. The number of methoxy groups -OCH3 is 1. The zero-order chi connectivity index (χ0) is 13.5. The van der Waals surface area contributed by atoms with Gasteiger partial charge in [-0.1, -0.05) is 11.6 Å². The standard InChI is InChI=1S/C16H22O3/c1-11-5-6-15-13(8-11)14(17)10-16(19-15)7-3-4-12(9-16)18-2/h5-6,8,12,14,17H,3-4,7,9-10H2,1-2H3/t12?,14-,16?/m1/s1. The van der Waals surface area contributed by atoms with Crippen molar-refractivity contribution in [3.63, 3.8) is 0 Å². The molecule has 3 heteroatoms. The highest BCUT2D eigenvalue weighted by atomic mass is 16.5. The molecular weight excluding hydrogens is 240 g/mol. The van der Waals surface area contributed by atoms with Crippen molar-refractivity contribution in [2.45, 2.75) is 56.8 Å². The van der Waals surface area contributed by atoms with E-state index in [0.29, 0.717) is 6.42 Å². The minimum absolute atomic E-state index is 0.236. The summed E-state index contributed by atoms with van der Waals surface area (Å²) in [6.45, 7) is 2.04. The van der Waals surface area contributed by atoms with Crippen molar-refractivity contribution in [2.75, 3.05) is 7.11 Å². The van der Waals surface area contributed by atoms with Crippen molar-refractivity contribution >= 4 is 0 Å². The summed E-state index contributed by atoms with van der Waals surface area (Å²) in [7, 11) is 1.76. The molecule has 1 saturated carbocycles. The van der Waals surface area contributed by atoms with Crippen LogP contribution < -0.4 is 4.74 Å². The maximum atomic E-state index is 10.4.